The molecule has 1 rings (SSSR count). The summed E-state index contributed by atoms with van der Waals surface area (Å²) in [6, 6.07) is 2.22. The molecule has 0 aliphatic heterocycles. The molecule has 15 heteroatoms. The Balaban J connectivity index is 3.55. The van der Waals surface area contributed by atoms with Gasteiger partial charge in [0.15, 0.2) is 0 Å². The molecule has 146 valence electrons. The van der Waals surface area contributed by atoms with Gasteiger partial charge in [0.25, 0.3) is 11.5 Å². The molecule has 0 aromatic heterocycles. The van der Waals surface area contributed by atoms with Gasteiger partial charge in [0.1, 0.15) is 5.69 Å². The number of alkyl halides is 6. The zero-order valence-electron chi connectivity index (χ0n) is 12.4. The Bertz CT molecular complexity index is 886. The Morgan fingerprint density at radius 3 is 2.19 bits per heavy atom. The normalized spacial score (nSPS) is 13.3. The van der Waals surface area contributed by atoms with Crippen molar-refractivity contribution in [1.82, 2.24) is 0 Å². The van der Waals surface area contributed by atoms with Crippen LogP contribution in [0.5, 0.6) is 0 Å². The average molecular weight is 417 g/mol. The van der Waals surface area contributed by atoms with E-state index in [2.05, 4.69) is 9.36 Å². The van der Waals surface area contributed by atoms with E-state index in [0.717, 1.165) is 12.1 Å². The first-order valence-corrected chi connectivity index (χ1v) is 6.93. The van der Waals surface area contributed by atoms with Gasteiger partial charge in [-0.25, -0.2) is 0 Å². The Hall–Kier alpha value is -3.10. The van der Waals surface area contributed by atoms with E-state index in [9.17, 15) is 45.5 Å². The molecule has 0 aliphatic carbocycles. The Kier molecular flexibility index (Phi) is 6.56. The maximum Gasteiger partial charge on any atom is 0.455 e. The van der Waals surface area contributed by atoms with Crippen molar-refractivity contribution < 1.29 is 45.4 Å². The van der Waals surface area contributed by atoms with Crippen LogP contribution in [0, 0.1) is 10.1 Å². The van der Waals surface area contributed by atoms with Gasteiger partial charge in [-0.15, -0.1) is 0 Å². The lowest BCUT2D eigenvalue weighted by atomic mass is 10.1. The van der Waals surface area contributed by atoms with Crippen molar-refractivity contribution in [2.75, 3.05) is 0 Å². The molecule has 1 N–H and O–H groups in total. The van der Waals surface area contributed by atoms with E-state index in [4.69, 9.17) is 5.11 Å². The monoisotopic (exact) mass is 417 g/mol. The van der Waals surface area contributed by atoms with E-state index >= 15 is 0 Å². The molecule has 8 nitrogen and oxygen atoms in total. The van der Waals surface area contributed by atoms with Gasteiger partial charge in [0.2, 0.25) is 17.2 Å². The van der Waals surface area contributed by atoms with Crippen molar-refractivity contribution in [3.05, 3.63) is 39.6 Å². The Morgan fingerprint density at radius 2 is 1.74 bits per heavy atom. The predicted octanol–water partition coefficient (Wildman–Crippen LogP) is 3.83. The van der Waals surface area contributed by atoms with Crippen molar-refractivity contribution in [2.45, 2.75) is 12.4 Å². The third-order valence-electron chi connectivity index (χ3n) is 2.66. The highest BCUT2D eigenvalue weighted by atomic mass is 32.1. The number of Topliss-reactive ketones (excluding diaryl/α,β-unsaturated/α-hetero) is 1. The number of hydrogen-bond acceptors (Lipinski definition) is 7. The largest absolute Gasteiger partial charge is 0.504 e. The second-order valence-electron chi connectivity index (χ2n) is 4.44. The molecular weight excluding hydrogens is 412 g/mol. The highest BCUT2D eigenvalue weighted by molar-refractivity contribution is 7.54. The quantitative estimate of drug-likeness (QED) is 0.195. The first-order valence-electron chi connectivity index (χ1n) is 6.23. The van der Waals surface area contributed by atoms with Crippen molar-refractivity contribution in [2.24, 2.45) is 9.36 Å². The van der Waals surface area contributed by atoms with E-state index < -0.39 is 62.9 Å². The van der Waals surface area contributed by atoms with Crippen LogP contribution in [-0.4, -0.2) is 38.6 Å². The lowest BCUT2D eigenvalue weighted by Gasteiger charge is -2.11. The number of carbonyl (C=O) groups excluding carboxylic acids is 1. The minimum Gasteiger partial charge on any atom is -0.504 e. The van der Waals surface area contributed by atoms with Crippen LogP contribution in [0.1, 0.15) is 0 Å². The first kappa shape index (κ1) is 21.9. The number of benzene rings is 1. The molecule has 0 saturated carbocycles. The van der Waals surface area contributed by atoms with Crippen LogP contribution < -0.4 is 0 Å². The molecule has 0 unspecified atom stereocenters. The fraction of sp³-hybridized carbons (Fsp3) is 0.167. The zero-order valence-corrected chi connectivity index (χ0v) is 13.2. The second-order valence-corrected chi connectivity index (χ2v) is 4.77. The smallest absolute Gasteiger partial charge is 0.455 e. The third kappa shape index (κ3) is 5.70. The molecule has 0 radical (unpaired) electrons. The number of nitro benzene ring substituents is 1. The van der Waals surface area contributed by atoms with Crippen molar-refractivity contribution in [3.63, 3.8) is 0 Å². The number of non-ortho nitro benzene ring substituents is 1. The Labute approximate surface area is 148 Å². The first-order chi connectivity index (χ1) is 12.3. The lowest BCUT2D eigenvalue weighted by Crippen LogP contribution is -2.29. The highest BCUT2D eigenvalue weighted by Crippen LogP contribution is 2.33. The molecule has 0 bridgehead atoms. The summed E-state index contributed by atoms with van der Waals surface area (Å²) in [5.74, 6) is -5.87. The van der Waals surface area contributed by atoms with Crippen LogP contribution in [0.4, 0.5) is 43.4 Å². The zero-order chi connectivity index (χ0) is 21.0. The molecule has 1 aromatic carbocycles. The highest BCUT2D eigenvalue weighted by Gasteiger charge is 2.46. The standard InChI is InChI=1S/C12H5F6N3O5S/c13-11(14,15)9(22)6(10(23)12(16,17)18)4-19-7-2-1-5(21(24)25)3-8(7)20-27-26/h1-4,22H. The van der Waals surface area contributed by atoms with Gasteiger partial charge in [-0.05, 0) is 6.07 Å². The summed E-state index contributed by atoms with van der Waals surface area (Å²) < 4.78 is 88.5. The van der Waals surface area contributed by atoms with Gasteiger partial charge in [-0.2, -0.15) is 34.9 Å². The van der Waals surface area contributed by atoms with Crippen LogP contribution in [0.25, 0.3) is 0 Å². The number of allylic oxidation sites excluding steroid dienone is 2. The number of aliphatic hydroxyl groups is 1. The number of nitrogens with zero attached hydrogens (tertiary/aromatic N) is 3. The van der Waals surface area contributed by atoms with Crippen LogP contribution in [0.15, 0.2) is 38.9 Å². The number of aliphatic hydroxyl groups excluding tert-OH is 1. The maximum atomic E-state index is 12.5. The fourth-order valence-corrected chi connectivity index (χ4v) is 1.74. The number of ketones is 1. The number of carbonyl (C=O) groups is 1. The van der Waals surface area contributed by atoms with Crippen molar-refractivity contribution in [1.29, 1.82) is 0 Å². The summed E-state index contributed by atoms with van der Waals surface area (Å²) in [7, 11) is 0. The van der Waals surface area contributed by atoms with E-state index in [1.807, 2.05) is 0 Å². The summed E-state index contributed by atoms with van der Waals surface area (Å²) in [5, 5.41) is 19.6. The van der Waals surface area contributed by atoms with Crippen molar-refractivity contribution in [3.8, 4) is 0 Å². The number of hydrogen-bond donors (Lipinski definition) is 1. The lowest BCUT2D eigenvalue weighted by molar-refractivity contribution is -0.384. The van der Waals surface area contributed by atoms with Crippen LogP contribution in [0.3, 0.4) is 0 Å². The summed E-state index contributed by atoms with van der Waals surface area (Å²) in [6.45, 7) is 0. The topological polar surface area (TPSA) is 122 Å². The van der Waals surface area contributed by atoms with E-state index in [1.54, 1.807) is 0 Å². The van der Waals surface area contributed by atoms with E-state index in [1.165, 1.54) is 0 Å². The van der Waals surface area contributed by atoms with E-state index in [0.29, 0.717) is 6.07 Å². The fourth-order valence-electron chi connectivity index (χ4n) is 1.51. The molecule has 0 spiro atoms. The van der Waals surface area contributed by atoms with E-state index in [-0.39, 0.29) is 6.21 Å². The number of rotatable bonds is 5. The van der Waals surface area contributed by atoms with Crippen LogP contribution in [0.2, 0.25) is 0 Å². The van der Waals surface area contributed by atoms with Gasteiger partial charge in [0, 0.05) is 18.3 Å². The van der Waals surface area contributed by atoms with Gasteiger partial charge >= 0.3 is 12.4 Å². The molecule has 0 atom stereocenters. The van der Waals surface area contributed by atoms with Crippen molar-refractivity contribution >= 4 is 40.5 Å². The van der Waals surface area contributed by atoms with Crippen LogP contribution in [-0.2, 0) is 16.3 Å². The predicted molar refractivity (Wildman–Crippen MR) is 78.3 cm³/mol. The number of halogens is 6. The second kappa shape index (κ2) is 8.07. The average Bonchev–Trinajstić information content (AvgIpc) is 2.54. The van der Waals surface area contributed by atoms with Gasteiger partial charge in [-0.3, -0.25) is 19.9 Å². The summed E-state index contributed by atoms with van der Waals surface area (Å²) >= 11 is -0.465. The Morgan fingerprint density at radius 1 is 1.15 bits per heavy atom. The number of nitro groups is 1. The molecule has 0 saturated heterocycles. The maximum absolute atomic E-state index is 12.5. The SMILES string of the molecule is O=S=Nc1cc([N+](=O)[O-])ccc1N=CC(C(=O)C(F)(F)F)=C(O)C(F)(F)F. The molecule has 0 aliphatic rings. The summed E-state index contributed by atoms with van der Waals surface area (Å²) in [6.07, 6.45) is -11.7. The molecule has 1 aromatic rings. The molecular formula is C12H5F6N3O5S. The van der Waals surface area contributed by atoms with Gasteiger partial charge in [0.05, 0.1) is 16.2 Å². The summed E-state index contributed by atoms with van der Waals surface area (Å²) in [5.41, 5.74) is -3.92. The van der Waals surface area contributed by atoms with Gasteiger partial charge < -0.3 is 5.11 Å². The summed E-state index contributed by atoms with van der Waals surface area (Å²) in [4.78, 5) is 24.0. The van der Waals surface area contributed by atoms with Gasteiger partial charge in [-0.1, -0.05) is 0 Å². The molecule has 0 amide bonds. The third-order valence-corrected chi connectivity index (χ3v) is 2.94. The number of aliphatic imine (C=N–C) groups is 1. The molecule has 0 heterocycles. The molecule has 27 heavy (non-hydrogen) atoms. The van der Waals surface area contributed by atoms with Crippen LogP contribution >= 0.6 is 0 Å². The minimum absolute atomic E-state index is 0.228. The minimum atomic E-state index is -5.76. The molecule has 0 fully saturated rings.